The maximum atomic E-state index is 12.3. The number of nitrogens with one attached hydrogen (secondary N) is 1. The highest BCUT2D eigenvalue weighted by molar-refractivity contribution is 6.04. The van der Waals surface area contributed by atoms with Gasteiger partial charge in [-0.05, 0) is 12.1 Å². The molecule has 100 valence electrons. The highest BCUT2D eigenvalue weighted by atomic mass is 16.2. The average Bonchev–Trinajstić information content (AvgIpc) is 2.53. The van der Waals surface area contributed by atoms with E-state index in [9.17, 15) is 4.79 Å². The molecule has 2 aromatic rings. The van der Waals surface area contributed by atoms with E-state index in [-0.39, 0.29) is 11.6 Å². The van der Waals surface area contributed by atoms with E-state index in [1.807, 2.05) is 0 Å². The lowest BCUT2D eigenvalue weighted by atomic mass is 10.1. The van der Waals surface area contributed by atoms with Crippen molar-refractivity contribution in [2.24, 2.45) is 0 Å². The van der Waals surface area contributed by atoms with Crippen LogP contribution in [0.1, 0.15) is 16.1 Å². The summed E-state index contributed by atoms with van der Waals surface area (Å²) in [4.78, 5) is 21.8. The highest BCUT2D eigenvalue weighted by Gasteiger charge is 2.17. The van der Waals surface area contributed by atoms with Crippen molar-refractivity contribution in [3.63, 3.8) is 0 Å². The molecule has 1 amide bonds. The number of hydrogen-bond acceptors (Lipinski definition) is 5. The second-order valence-corrected chi connectivity index (χ2v) is 4.03. The van der Waals surface area contributed by atoms with Gasteiger partial charge in [-0.3, -0.25) is 4.79 Å². The lowest BCUT2D eigenvalue weighted by molar-refractivity contribution is 0.0988. The molecule has 0 saturated carbocycles. The Hall–Kier alpha value is -2.94. The van der Waals surface area contributed by atoms with Crippen LogP contribution >= 0.6 is 0 Å². The van der Waals surface area contributed by atoms with Crippen molar-refractivity contribution in [2.45, 2.75) is 0 Å². The Balaban J connectivity index is 2.30. The van der Waals surface area contributed by atoms with Gasteiger partial charge >= 0.3 is 0 Å². The summed E-state index contributed by atoms with van der Waals surface area (Å²) in [6.07, 6.45) is 2.89. The van der Waals surface area contributed by atoms with E-state index in [0.29, 0.717) is 17.1 Å². The average molecular weight is 267 g/mol. The van der Waals surface area contributed by atoms with E-state index in [0.717, 1.165) is 0 Å². The minimum atomic E-state index is -0.317. The number of nitriles is 1. The SMILES string of the molecule is CNc1cnc(C(=O)N(C)c2ccccc2C#N)cn1. The number of amides is 1. The Morgan fingerprint density at radius 3 is 2.65 bits per heavy atom. The first kappa shape index (κ1) is 13.5. The van der Waals surface area contributed by atoms with Crippen molar-refractivity contribution < 1.29 is 4.79 Å². The second kappa shape index (κ2) is 5.80. The lowest BCUT2D eigenvalue weighted by Gasteiger charge is -2.17. The van der Waals surface area contributed by atoms with Crippen LogP contribution in [-0.4, -0.2) is 30.0 Å². The molecule has 1 heterocycles. The van der Waals surface area contributed by atoms with Gasteiger partial charge in [0.2, 0.25) is 0 Å². The Bertz CT molecular complexity index is 660. The number of aromatic nitrogens is 2. The van der Waals surface area contributed by atoms with Crippen molar-refractivity contribution in [1.82, 2.24) is 9.97 Å². The molecule has 6 heteroatoms. The number of para-hydroxylation sites is 1. The first-order valence-electron chi connectivity index (χ1n) is 5.94. The van der Waals surface area contributed by atoms with Gasteiger partial charge in [0, 0.05) is 14.1 Å². The van der Waals surface area contributed by atoms with Crippen LogP contribution < -0.4 is 10.2 Å². The Morgan fingerprint density at radius 1 is 1.30 bits per heavy atom. The van der Waals surface area contributed by atoms with Crippen LogP contribution in [0.2, 0.25) is 0 Å². The number of hydrogen-bond donors (Lipinski definition) is 1. The van der Waals surface area contributed by atoms with Crippen LogP contribution in [0.25, 0.3) is 0 Å². The van der Waals surface area contributed by atoms with Gasteiger partial charge in [-0.2, -0.15) is 5.26 Å². The minimum absolute atomic E-state index is 0.222. The maximum absolute atomic E-state index is 12.3. The number of carbonyl (C=O) groups is 1. The zero-order chi connectivity index (χ0) is 14.5. The second-order valence-electron chi connectivity index (χ2n) is 4.03. The zero-order valence-corrected chi connectivity index (χ0v) is 11.2. The summed E-state index contributed by atoms with van der Waals surface area (Å²) < 4.78 is 0. The van der Waals surface area contributed by atoms with E-state index in [4.69, 9.17) is 5.26 Å². The third-order valence-electron chi connectivity index (χ3n) is 2.82. The number of carbonyl (C=O) groups excluding carboxylic acids is 1. The van der Waals surface area contributed by atoms with Crippen LogP contribution in [0.5, 0.6) is 0 Å². The highest BCUT2D eigenvalue weighted by Crippen LogP contribution is 2.19. The van der Waals surface area contributed by atoms with Gasteiger partial charge in [0.15, 0.2) is 0 Å². The Kier molecular flexibility index (Phi) is 3.91. The molecular formula is C14H13N5O. The van der Waals surface area contributed by atoms with Gasteiger partial charge in [-0.15, -0.1) is 0 Å². The third kappa shape index (κ3) is 2.57. The summed E-state index contributed by atoms with van der Waals surface area (Å²) in [5.41, 5.74) is 1.20. The van der Waals surface area contributed by atoms with Crippen molar-refractivity contribution in [3.05, 3.63) is 47.9 Å². The molecule has 0 aliphatic carbocycles. The standard InChI is InChI=1S/C14H13N5O/c1-16-13-9-17-11(8-18-13)14(20)19(2)12-6-4-3-5-10(12)7-15/h3-6,8-9H,1-2H3,(H,16,18). The molecule has 0 unspecified atom stereocenters. The molecule has 0 saturated heterocycles. The van der Waals surface area contributed by atoms with Gasteiger partial charge in [0.05, 0.1) is 23.6 Å². The quantitative estimate of drug-likeness (QED) is 0.914. The van der Waals surface area contributed by atoms with E-state index >= 15 is 0 Å². The number of nitrogens with zero attached hydrogens (tertiary/aromatic N) is 4. The molecule has 2 rings (SSSR count). The largest absolute Gasteiger partial charge is 0.372 e. The van der Waals surface area contributed by atoms with Crippen LogP contribution in [0, 0.1) is 11.3 Å². The molecule has 0 aliphatic rings. The fourth-order valence-corrected chi connectivity index (χ4v) is 1.71. The van der Waals surface area contributed by atoms with Gasteiger partial charge in [-0.25, -0.2) is 9.97 Å². The van der Waals surface area contributed by atoms with Crippen LogP contribution in [-0.2, 0) is 0 Å². The van der Waals surface area contributed by atoms with E-state index in [1.54, 1.807) is 38.4 Å². The molecule has 0 spiro atoms. The summed E-state index contributed by atoms with van der Waals surface area (Å²) >= 11 is 0. The Morgan fingerprint density at radius 2 is 2.05 bits per heavy atom. The molecule has 0 bridgehead atoms. The predicted molar refractivity (Wildman–Crippen MR) is 75.5 cm³/mol. The molecule has 1 aromatic heterocycles. The molecule has 0 radical (unpaired) electrons. The normalized spacial score (nSPS) is 9.65. The van der Waals surface area contributed by atoms with Gasteiger partial charge in [0.1, 0.15) is 17.6 Å². The van der Waals surface area contributed by atoms with Crippen LogP contribution in [0.4, 0.5) is 11.5 Å². The molecule has 0 fully saturated rings. The van der Waals surface area contributed by atoms with Gasteiger partial charge in [-0.1, -0.05) is 12.1 Å². The van der Waals surface area contributed by atoms with Gasteiger partial charge in [0.25, 0.3) is 5.91 Å². The van der Waals surface area contributed by atoms with Crippen LogP contribution in [0.15, 0.2) is 36.7 Å². The fourth-order valence-electron chi connectivity index (χ4n) is 1.71. The first-order chi connectivity index (χ1) is 9.67. The maximum Gasteiger partial charge on any atom is 0.278 e. The third-order valence-corrected chi connectivity index (χ3v) is 2.82. The number of anilines is 2. The lowest BCUT2D eigenvalue weighted by Crippen LogP contribution is -2.28. The zero-order valence-electron chi connectivity index (χ0n) is 11.2. The van der Waals surface area contributed by atoms with Crippen LogP contribution in [0.3, 0.4) is 0 Å². The van der Waals surface area contributed by atoms with Crippen molar-refractivity contribution >= 4 is 17.4 Å². The van der Waals surface area contributed by atoms with Gasteiger partial charge < -0.3 is 10.2 Å². The summed E-state index contributed by atoms with van der Waals surface area (Å²) in [5.74, 6) is 0.268. The number of rotatable bonds is 3. The molecule has 1 aromatic carbocycles. The van der Waals surface area contributed by atoms with E-state index < -0.39 is 0 Å². The monoisotopic (exact) mass is 267 g/mol. The van der Waals surface area contributed by atoms with E-state index in [2.05, 4.69) is 21.4 Å². The Labute approximate surface area is 116 Å². The predicted octanol–water partition coefficient (Wildman–Crippen LogP) is 1.67. The molecule has 6 nitrogen and oxygen atoms in total. The molecule has 0 aliphatic heterocycles. The van der Waals surface area contributed by atoms with E-state index in [1.165, 1.54) is 17.3 Å². The van der Waals surface area contributed by atoms with Crippen molar-refractivity contribution in [3.8, 4) is 6.07 Å². The smallest absolute Gasteiger partial charge is 0.278 e. The van der Waals surface area contributed by atoms with Crippen molar-refractivity contribution in [2.75, 3.05) is 24.3 Å². The topological polar surface area (TPSA) is 81.9 Å². The summed E-state index contributed by atoms with van der Waals surface area (Å²) in [6, 6.07) is 8.96. The summed E-state index contributed by atoms with van der Waals surface area (Å²) in [5, 5.41) is 11.9. The molecule has 20 heavy (non-hydrogen) atoms. The minimum Gasteiger partial charge on any atom is -0.372 e. The first-order valence-corrected chi connectivity index (χ1v) is 5.94. The molecular weight excluding hydrogens is 254 g/mol. The fraction of sp³-hybridized carbons (Fsp3) is 0.143. The molecule has 0 atom stereocenters. The van der Waals surface area contributed by atoms with Crippen molar-refractivity contribution in [1.29, 1.82) is 5.26 Å². The molecule has 1 N–H and O–H groups in total. The summed E-state index contributed by atoms with van der Waals surface area (Å²) in [6.45, 7) is 0. The summed E-state index contributed by atoms with van der Waals surface area (Å²) in [7, 11) is 3.33. The number of benzene rings is 1.